The molecule has 6 nitrogen and oxygen atoms in total. The Morgan fingerprint density at radius 2 is 0.631 bits per heavy atom. The number of hydrogen-bond donors (Lipinski definition) is 0. The first kappa shape index (κ1) is 60.3. The standard InChI is InChI=1S/C59H90O6/c1-4-7-10-13-16-19-22-25-28-30-32-34-37-40-43-46-49-52-58(61)64-55-56(54-63-57(60)51-48-45-42-39-36-33-27-24-21-18-15-12-9-6-3)65-59(62)53-50-47-44-41-38-35-31-29-26-23-20-17-14-11-8-5-2/h7-13,16-22,25-26,28-30,32,34-35,37-38,56H,4-6,14-15,23-24,27,31,33,36,39-55H2,1-3H3/b10-7-,11-8-,12-9-,16-13-,20-17-,21-18-,22-19-,28-25-,29-26-,32-30+,37-34-,38-35-. The molecule has 0 spiro atoms. The van der Waals surface area contributed by atoms with Gasteiger partial charge in [-0.05, 0) is 103 Å². The van der Waals surface area contributed by atoms with Crippen LogP contribution >= 0.6 is 0 Å². The van der Waals surface area contributed by atoms with E-state index in [1.54, 1.807) is 0 Å². The fraction of sp³-hybridized carbons (Fsp3) is 0.542. The van der Waals surface area contributed by atoms with Crippen LogP contribution in [-0.2, 0) is 28.6 Å². The lowest BCUT2D eigenvalue weighted by molar-refractivity contribution is -0.167. The second kappa shape index (κ2) is 51.9. The van der Waals surface area contributed by atoms with Crippen molar-refractivity contribution in [2.45, 2.75) is 194 Å². The molecule has 0 aromatic rings. The van der Waals surface area contributed by atoms with Gasteiger partial charge in [0.05, 0.1) is 0 Å². The molecular weight excluding hydrogens is 805 g/mol. The molecule has 0 aromatic heterocycles. The summed E-state index contributed by atoms with van der Waals surface area (Å²) in [6.45, 7) is 6.17. The monoisotopic (exact) mass is 895 g/mol. The summed E-state index contributed by atoms with van der Waals surface area (Å²) < 4.78 is 16.7. The SMILES string of the molecule is CC\C=C/C=C\C=C/C=C\C=C\C=C/CCCCCC(=O)OCC(COC(=O)CCCCCCCCC/C=C\C/C=C\CC)OC(=O)CCCCC/C=C\C/C=C\C/C=C\C/C=C\CC. The number of carbonyl (C=O) groups excluding carboxylic acids is 3. The fourth-order valence-corrected chi connectivity index (χ4v) is 6.26. The van der Waals surface area contributed by atoms with E-state index in [0.717, 1.165) is 116 Å². The molecule has 0 fully saturated rings. The Hall–Kier alpha value is -4.71. The number of ether oxygens (including phenoxy) is 3. The predicted molar refractivity (Wildman–Crippen MR) is 279 cm³/mol. The maximum Gasteiger partial charge on any atom is 0.306 e. The molecular formula is C59H90O6. The first-order valence-corrected chi connectivity index (χ1v) is 25.4. The van der Waals surface area contributed by atoms with Crippen molar-refractivity contribution < 1.29 is 28.6 Å². The van der Waals surface area contributed by atoms with Gasteiger partial charge in [0.2, 0.25) is 0 Å². The van der Waals surface area contributed by atoms with Crippen LogP contribution in [0.5, 0.6) is 0 Å². The van der Waals surface area contributed by atoms with Gasteiger partial charge in [-0.2, -0.15) is 0 Å². The maximum atomic E-state index is 12.8. The van der Waals surface area contributed by atoms with E-state index in [1.807, 2.05) is 60.8 Å². The fourth-order valence-electron chi connectivity index (χ4n) is 6.26. The molecule has 0 aliphatic heterocycles. The van der Waals surface area contributed by atoms with Gasteiger partial charge in [0.1, 0.15) is 13.2 Å². The molecule has 0 bridgehead atoms. The zero-order valence-electron chi connectivity index (χ0n) is 41.2. The molecule has 0 radical (unpaired) electrons. The third-order valence-electron chi connectivity index (χ3n) is 9.98. The Kier molecular flexibility index (Phi) is 48.2. The van der Waals surface area contributed by atoms with Crippen LogP contribution < -0.4 is 0 Å². The molecule has 362 valence electrons. The summed E-state index contributed by atoms with van der Waals surface area (Å²) in [6, 6.07) is 0. The van der Waals surface area contributed by atoms with Crippen molar-refractivity contribution in [1.82, 2.24) is 0 Å². The summed E-state index contributed by atoms with van der Waals surface area (Å²) in [6.07, 6.45) is 74.0. The van der Waals surface area contributed by atoms with Gasteiger partial charge in [0.15, 0.2) is 6.10 Å². The van der Waals surface area contributed by atoms with Crippen LogP contribution in [0.2, 0.25) is 0 Å². The van der Waals surface area contributed by atoms with E-state index in [-0.39, 0.29) is 37.5 Å². The molecule has 1 atom stereocenters. The lowest BCUT2D eigenvalue weighted by Gasteiger charge is -2.18. The zero-order chi connectivity index (χ0) is 47.2. The van der Waals surface area contributed by atoms with Gasteiger partial charge in [-0.3, -0.25) is 14.4 Å². The van der Waals surface area contributed by atoms with Gasteiger partial charge in [0, 0.05) is 19.3 Å². The highest BCUT2D eigenvalue weighted by atomic mass is 16.6. The molecule has 0 amide bonds. The average molecular weight is 895 g/mol. The van der Waals surface area contributed by atoms with Crippen LogP contribution in [0.4, 0.5) is 0 Å². The Labute approximate surface area is 397 Å². The molecule has 0 rings (SSSR count). The lowest BCUT2D eigenvalue weighted by atomic mass is 10.1. The third kappa shape index (κ3) is 50.2. The topological polar surface area (TPSA) is 78.9 Å². The molecule has 0 aliphatic rings. The number of esters is 3. The highest BCUT2D eigenvalue weighted by Crippen LogP contribution is 2.12. The lowest BCUT2D eigenvalue weighted by Crippen LogP contribution is -2.30. The van der Waals surface area contributed by atoms with E-state index < -0.39 is 6.10 Å². The average Bonchev–Trinajstić information content (AvgIpc) is 3.30. The highest BCUT2D eigenvalue weighted by molar-refractivity contribution is 5.71. The molecule has 6 heteroatoms. The summed E-state index contributed by atoms with van der Waals surface area (Å²) >= 11 is 0. The van der Waals surface area contributed by atoms with E-state index in [0.29, 0.717) is 19.3 Å². The molecule has 0 aromatic carbocycles. The maximum absolute atomic E-state index is 12.8. The van der Waals surface area contributed by atoms with Crippen molar-refractivity contribution in [1.29, 1.82) is 0 Å². The van der Waals surface area contributed by atoms with E-state index in [4.69, 9.17) is 14.2 Å². The Bertz CT molecular complexity index is 1490. The Morgan fingerprint density at radius 3 is 1.06 bits per heavy atom. The minimum atomic E-state index is -0.823. The molecule has 0 saturated carbocycles. The second-order valence-electron chi connectivity index (χ2n) is 16.1. The first-order chi connectivity index (χ1) is 32.0. The minimum Gasteiger partial charge on any atom is -0.462 e. The Balaban J connectivity index is 4.59. The summed E-state index contributed by atoms with van der Waals surface area (Å²) in [7, 11) is 0. The van der Waals surface area contributed by atoms with Crippen LogP contribution in [0.25, 0.3) is 0 Å². The van der Waals surface area contributed by atoms with E-state index in [9.17, 15) is 14.4 Å². The van der Waals surface area contributed by atoms with Gasteiger partial charge in [-0.15, -0.1) is 0 Å². The van der Waals surface area contributed by atoms with Gasteiger partial charge >= 0.3 is 17.9 Å². The van der Waals surface area contributed by atoms with Crippen LogP contribution in [0.15, 0.2) is 146 Å². The highest BCUT2D eigenvalue weighted by Gasteiger charge is 2.19. The molecule has 0 aliphatic carbocycles. The summed E-state index contributed by atoms with van der Waals surface area (Å²) in [5.74, 6) is -1.01. The van der Waals surface area contributed by atoms with E-state index in [1.165, 1.54) is 25.7 Å². The molecule has 0 saturated heterocycles. The van der Waals surface area contributed by atoms with Crippen molar-refractivity contribution in [2.24, 2.45) is 0 Å². The largest absolute Gasteiger partial charge is 0.462 e. The number of allylic oxidation sites excluding steroid dienone is 24. The van der Waals surface area contributed by atoms with E-state index >= 15 is 0 Å². The third-order valence-corrected chi connectivity index (χ3v) is 9.98. The van der Waals surface area contributed by atoms with Crippen molar-refractivity contribution in [3.05, 3.63) is 146 Å². The molecule has 65 heavy (non-hydrogen) atoms. The van der Waals surface area contributed by atoms with Crippen LogP contribution in [0.3, 0.4) is 0 Å². The minimum absolute atomic E-state index is 0.116. The number of unbranched alkanes of at least 4 members (excludes halogenated alkanes) is 13. The quantitative estimate of drug-likeness (QED) is 0.0199. The molecule has 0 heterocycles. The van der Waals surface area contributed by atoms with E-state index in [2.05, 4.69) is 106 Å². The van der Waals surface area contributed by atoms with Crippen molar-refractivity contribution in [3.8, 4) is 0 Å². The van der Waals surface area contributed by atoms with Gasteiger partial charge < -0.3 is 14.2 Å². The van der Waals surface area contributed by atoms with Crippen LogP contribution in [0, 0.1) is 0 Å². The van der Waals surface area contributed by atoms with Gasteiger partial charge in [-0.1, -0.05) is 212 Å². The number of hydrogen-bond acceptors (Lipinski definition) is 6. The smallest absolute Gasteiger partial charge is 0.306 e. The first-order valence-electron chi connectivity index (χ1n) is 25.4. The number of carbonyl (C=O) groups is 3. The van der Waals surface area contributed by atoms with Crippen molar-refractivity contribution in [3.63, 3.8) is 0 Å². The summed E-state index contributed by atoms with van der Waals surface area (Å²) in [5.41, 5.74) is 0. The second-order valence-corrected chi connectivity index (χ2v) is 16.1. The van der Waals surface area contributed by atoms with Crippen LogP contribution in [-0.4, -0.2) is 37.2 Å². The van der Waals surface area contributed by atoms with Crippen LogP contribution in [0.1, 0.15) is 188 Å². The zero-order valence-corrected chi connectivity index (χ0v) is 41.2. The summed E-state index contributed by atoms with van der Waals surface area (Å²) in [4.78, 5) is 38.0. The molecule has 1 unspecified atom stereocenters. The number of rotatable bonds is 43. The predicted octanol–water partition coefficient (Wildman–Crippen LogP) is 16.9. The van der Waals surface area contributed by atoms with Gasteiger partial charge in [0.25, 0.3) is 0 Å². The normalized spacial score (nSPS) is 13.3. The molecule has 0 N–H and O–H groups in total. The summed E-state index contributed by atoms with van der Waals surface area (Å²) in [5, 5.41) is 0. The van der Waals surface area contributed by atoms with Gasteiger partial charge in [-0.25, -0.2) is 0 Å². The van der Waals surface area contributed by atoms with Crippen molar-refractivity contribution >= 4 is 17.9 Å². The van der Waals surface area contributed by atoms with Crippen molar-refractivity contribution in [2.75, 3.05) is 13.2 Å². The Morgan fingerprint density at radius 1 is 0.323 bits per heavy atom.